The Bertz CT molecular complexity index is 1090. The zero-order valence-corrected chi connectivity index (χ0v) is 17.5. The van der Waals surface area contributed by atoms with E-state index in [9.17, 15) is 8.42 Å². The van der Waals surface area contributed by atoms with Gasteiger partial charge < -0.3 is 10.2 Å². The summed E-state index contributed by atoms with van der Waals surface area (Å²) in [6.07, 6.45) is 1.24. The maximum atomic E-state index is 10.5. The summed E-state index contributed by atoms with van der Waals surface area (Å²) in [7, 11) is -4.02. The van der Waals surface area contributed by atoms with Crippen molar-refractivity contribution in [3.63, 3.8) is 0 Å². The summed E-state index contributed by atoms with van der Waals surface area (Å²) < 4.78 is 29.6. The minimum atomic E-state index is -4.02. The molecule has 2 unspecified atom stereocenters. The predicted molar refractivity (Wildman–Crippen MR) is 116 cm³/mol. The second kappa shape index (κ2) is 8.51. The van der Waals surface area contributed by atoms with Gasteiger partial charge in [0.1, 0.15) is 0 Å². The van der Waals surface area contributed by atoms with Crippen molar-refractivity contribution in [1.82, 2.24) is 15.5 Å². The van der Waals surface area contributed by atoms with Gasteiger partial charge in [0.25, 0.3) is 10.1 Å². The number of rotatable bonds is 3. The van der Waals surface area contributed by atoms with Crippen molar-refractivity contribution in [3.05, 3.63) is 72.3 Å². The van der Waals surface area contributed by atoms with Crippen LogP contribution in [0.3, 0.4) is 0 Å². The lowest BCUT2D eigenvalue weighted by Gasteiger charge is -2.27. The van der Waals surface area contributed by atoms with Crippen LogP contribution in [0, 0.1) is 6.92 Å². The van der Waals surface area contributed by atoms with Crippen LogP contribution < -0.4 is 10.2 Å². The molecule has 2 aliphatic heterocycles. The number of benzene rings is 2. The van der Waals surface area contributed by atoms with Gasteiger partial charge in [0.2, 0.25) is 0 Å². The first-order valence-corrected chi connectivity index (χ1v) is 11.3. The quantitative estimate of drug-likeness (QED) is 0.624. The molecule has 5 rings (SSSR count). The standard InChI is InChI=1S/C15H16N4.C7H8O3S/c1-2-4-11(5-3-1)14-6-7-15(18-17-14)19-10-12-8-13(19)9-16-12;1-6-2-4-7(5-3-6)11(8,9)10/h1-7,12-13,16H,8-10H2;2-5H,1H3,(H,8,9,10). The van der Waals surface area contributed by atoms with Crippen LogP contribution in [0.4, 0.5) is 5.82 Å². The zero-order valence-electron chi connectivity index (χ0n) is 16.6. The molecular weight excluding hydrogens is 400 g/mol. The molecule has 2 atom stereocenters. The molecule has 2 saturated heterocycles. The largest absolute Gasteiger partial charge is 0.349 e. The Kier molecular flexibility index (Phi) is 5.80. The molecule has 2 aliphatic rings. The molecule has 0 amide bonds. The maximum Gasteiger partial charge on any atom is 0.294 e. The second-order valence-corrected chi connectivity index (χ2v) is 9.00. The number of nitrogens with one attached hydrogen (secondary N) is 1. The number of aromatic nitrogens is 2. The van der Waals surface area contributed by atoms with E-state index in [1.165, 1.54) is 18.6 Å². The summed E-state index contributed by atoms with van der Waals surface area (Å²) in [6, 6.07) is 21.6. The lowest BCUT2D eigenvalue weighted by atomic mass is 10.1. The van der Waals surface area contributed by atoms with Crippen LogP contribution in [-0.2, 0) is 10.1 Å². The highest BCUT2D eigenvalue weighted by Gasteiger charge is 2.38. The third kappa shape index (κ3) is 4.67. The van der Waals surface area contributed by atoms with Gasteiger partial charge in [-0.3, -0.25) is 4.55 Å². The number of aryl methyl sites for hydroxylation is 1. The average molecular weight is 425 g/mol. The van der Waals surface area contributed by atoms with Crippen molar-refractivity contribution in [2.24, 2.45) is 0 Å². The highest BCUT2D eigenvalue weighted by molar-refractivity contribution is 7.85. The van der Waals surface area contributed by atoms with Gasteiger partial charge in [-0.1, -0.05) is 48.0 Å². The molecule has 30 heavy (non-hydrogen) atoms. The van der Waals surface area contributed by atoms with Gasteiger partial charge in [0.05, 0.1) is 10.6 Å². The first-order chi connectivity index (χ1) is 14.4. The number of anilines is 1. The molecule has 8 heteroatoms. The molecule has 3 aromatic rings. The summed E-state index contributed by atoms with van der Waals surface area (Å²) in [5.74, 6) is 1.01. The molecular formula is C22H24N4O3S. The van der Waals surface area contributed by atoms with Crippen molar-refractivity contribution >= 4 is 15.9 Å². The summed E-state index contributed by atoms with van der Waals surface area (Å²) in [4.78, 5) is 2.31. The van der Waals surface area contributed by atoms with Gasteiger partial charge in [-0.2, -0.15) is 8.42 Å². The van der Waals surface area contributed by atoms with Crippen molar-refractivity contribution < 1.29 is 13.0 Å². The fourth-order valence-electron chi connectivity index (χ4n) is 3.79. The Morgan fingerprint density at radius 1 is 1.00 bits per heavy atom. The molecule has 1 aromatic heterocycles. The van der Waals surface area contributed by atoms with E-state index in [1.54, 1.807) is 12.1 Å². The molecule has 2 fully saturated rings. The van der Waals surface area contributed by atoms with Gasteiger partial charge in [-0.05, 0) is 37.6 Å². The number of hydrogen-bond donors (Lipinski definition) is 2. The van der Waals surface area contributed by atoms with Crippen LogP contribution in [0.2, 0.25) is 0 Å². The fourth-order valence-corrected chi connectivity index (χ4v) is 4.27. The molecule has 2 aromatic carbocycles. The normalized spacial score (nSPS) is 20.0. The lowest BCUT2D eigenvalue weighted by Crippen LogP contribution is -2.44. The molecule has 0 spiro atoms. The Morgan fingerprint density at radius 2 is 1.73 bits per heavy atom. The zero-order chi connectivity index (χ0) is 21.1. The van der Waals surface area contributed by atoms with Gasteiger partial charge in [0, 0.05) is 30.7 Å². The van der Waals surface area contributed by atoms with Crippen LogP contribution in [-0.4, -0.2) is 48.3 Å². The van der Waals surface area contributed by atoms with Crippen LogP contribution in [0.15, 0.2) is 71.6 Å². The average Bonchev–Trinajstić information content (AvgIpc) is 3.38. The van der Waals surface area contributed by atoms with E-state index in [2.05, 4.69) is 44.7 Å². The predicted octanol–water partition coefficient (Wildman–Crippen LogP) is 2.94. The Balaban J connectivity index is 0.000000170. The van der Waals surface area contributed by atoms with Crippen molar-refractivity contribution in [2.45, 2.75) is 30.3 Å². The highest BCUT2D eigenvalue weighted by atomic mass is 32.2. The van der Waals surface area contributed by atoms with Crippen LogP contribution in [0.25, 0.3) is 11.3 Å². The van der Waals surface area contributed by atoms with E-state index >= 15 is 0 Å². The van der Waals surface area contributed by atoms with E-state index in [1.807, 2.05) is 25.1 Å². The molecule has 2 bridgehead atoms. The van der Waals surface area contributed by atoms with E-state index in [0.29, 0.717) is 12.1 Å². The van der Waals surface area contributed by atoms with Crippen LogP contribution in [0.1, 0.15) is 12.0 Å². The summed E-state index contributed by atoms with van der Waals surface area (Å²) >= 11 is 0. The first-order valence-electron chi connectivity index (χ1n) is 9.83. The Labute approximate surface area is 176 Å². The van der Waals surface area contributed by atoms with Gasteiger partial charge >= 0.3 is 0 Å². The van der Waals surface area contributed by atoms with Gasteiger partial charge in [-0.15, -0.1) is 10.2 Å². The van der Waals surface area contributed by atoms with Gasteiger partial charge in [0.15, 0.2) is 5.82 Å². The molecule has 0 aliphatic carbocycles. The smallest absolute Gasteiger partial charge is 0.294 e. The lowest BCUT2D eigenvalue weighted by molar-refractivity contribution is 0.483. The second-order valence-electron chi connectivity index (χ2n) is 7.58. The first kappa shape index (κ1) is 20.5. The minimum Gasteiger partial charge on any atom is -0.349 e. The summed E-state index contributed by atoms with van der Waals surface area (Å²) in [5.41, 5.74) is 3.01. The Hall–Kier alpha value is -2.81. The van der Waals surface area contributed by atoms with E-state index in [4.69, 9.17) is 4.55 Å². The molecule has 2 N–H and O–H groups in total. The number of hydrogen-bond acceptors (Lipinski definition) is 6. The maximum absolute atomic E-state index is 10.5. The number of fused-ring (bicyclic) bond motifs is 2. The monoisotopic (exact) mass is 424 g/mol. The Morgan fingerprint density at radius 3 is 2.27 bits per heavy atom. The van der Waals surface area contributed by atoms with E-state index in [-0.39, 0.29) is 4.90 Å². The molecule has 7 nitrogen and oxygen atoms in total. The minimum absolute atomic E-state index is 0.0666. The van der Waals surface area contributed by atoms with Crippen molar-refractivity contribution in [3.8, 4) is 11.3 Å². The van der Waals surface area contributed by atoms with Crippen molar-refractivity contribution in [2.75, 3.05) is 18.0 Å². The highest BCUT2D eigenvalue weighted by Crippen LogP contribution is 2.28. The third-order valence-corrected chi connectivity index (χ3v) is 6.26. The third-order valence-electron chi connectivity index (χ3n) is 5.39. The van der Waals surface area contributed by atoms with Crippen LogP contribution >= 0.6 is 0 Å². The summed E-state index contributed by atoms with van der Waals surface area (Å²) in [5, 5.41) is 12.3. The topological polar surface area (TPSA) is 95.4 Å². The SMILES string of the molecule is Cc1ccc(S(=O)(=O)O)cc1.c1ccc(-c2ccc(N3CC4CC3CN4)nn2)cc1. The van der Waals surface area contributed by atoms with Crippen molar-refractivity contribution in [1.29, 1.82) is 0 Å². The van der Waals surface area contributed by atoms with E-state index in [0.717, 1.165) is 35.7 Å². The molecule has 3 heterocycles. The molecule has 0 saturated carbocycles. The number of piperazine rings is 1. The van der Waals surface area contributed by atoms with E-state index < -0.39 is 10.1 Å². The van der Waals surface area contributed by atoms with Gasteiger partial charge in [-0.25, -0.2) is 0 Å². The number of nitrogens with zero attached hydrogens (tertiary/aromatic N) is 3. The van der Waals surface area contributed by atoms with Crippen LogP contribution in [0.5, 0.6) is 0 Å². The molecule has 156 valence electrons. The molecule has 0 radical (unpaired) electrons. The summed E-state index contributed by atoms with van der Waals surface area (Å²) in [6.45, 7) is 3.98. The fraction of sp³-hybridized carbons (Fsp3) is 0.273.